The highest BCUT2D eigenvalue weighted by Crippen LogP contribution is 2.32. The molecule has 0 aliphatic carbocycles. The minimum atomic E-state index is 0.0137. The van der Waals surface area contributed by atoms with Gasteiger partial charge in [-0.15, -0.1) is 0 Å². The van der Waals surface area contributed by atoms with Crippen LogP contribution >= 0.6 is 0 Å². The molecule has 1 unspecified atom stereocenters. The first kappa shape index (κ1) is 24.1. The van der Waals surface area contributed by atoms with Crippen molar-refractivity contribution in [3.05, 3.63) is 47.8 Å². The van der Waals surface area contributed by atoms with Gasteiger partial charge in [0, 0.05) is 70.7 Å². The van der Waals surface area contributed by atoms with Crippen LogP contribution in [-0.2, 0) is 24.3 Å². The fraction of sp³-hybridized carbons (Fsp3) is 0.462. The van der Waals surface area contributed by atoms with Crippen molar-refractivity contribution in [2.75, 3.05) is 62.9 Å². The third-order valence-electron chi connectivity index (χ3n) is 7.19. The SMILES string of the molecule is CC1Cc2ccc(-c3cnn(CC(=O)N(C)C)c3)cc2CN1c1cc(N2CCN(C)CC2)nc(N)n1. The molecule has 1 atom stereocenters. The van der Waals surface area contributed by atoms with E-state index >= 15 is 0 Å². The molecule has 36 heavy (non-hydrogen) atoms. The highest BCUT2D eigenvalue weighted by Gasteiger charge is 2.26. The average Bonchev–Trinajstić information content (AvgIpc) is 3.31. The Balaban J connectivity index is 1.38. The van der Waals surface area contributed by atoms with Crippen molar-refractivity contribution >= 4 is 23.5 Å². The number of rotatable bonds is 5. The van der Waals surface area contributed by atoms with Gasteiger partial charge in [-0.2, -0.15) is 15.1 Å². The molecule has 4 heterocycles. The van der Waals surface area contributed by atoms with Crippen LogP contribution in [0, 0.1) is 0 Å². The number of hydrogen-bond donors (Lipinski definition) is 1. The van der Waals surface area contributed by atoms with E-state index in [-0.39, 0.29) is 18.5 Å². The predicted octanol–water partition coefficient (Wildman–Crippen LogP) is 1.71. The first-order valence-electron chi connectivity index (χ1n) is 12.5. The fourth-order valence-corrected chi connectivity index (χ4v) is 4.89. The molecule has 10 heteroatoms. The van der Waals surface area contributed by atoms with E-state index in [4.69, 9.17) is 5.73 Å². The van der Waals surface area contributed by atoms with Crippen molar-refractivity contribution in [1.29, 1.82) is 0 Å². The van der Waals surface area contributed by atoms with Gasteiger partial charge in [-0.1, -0.05) is 12.1 Å². The number of benzene rings is 1. The number of nitrogens with two attached hydrogens (primary N) is 1. The minimum absolute atomic E-state index is 0.0137. The lowest BCUT2D eigenvalue weighted by molar-refractivity contribution is -0.129. The number of nitrogens with zero attached hydrogens (tertiary/aromatic N) is 8. The molecule has 2 N–H and O–H groups in total. The Morgan fingerprint density at radius 1 is 1.06 bits per heavy atom. The van der Waals surface area contributed by atoms with Crippen molar-refractivity contribution in [2.45, 2.75) is 32.5 Å². The van der Waals surface area contributed by atoms with E-state index in [0.717, 1.165) is 61.9 Å². The van der Waals surface area contributed by atoms with Gasteiger partial charge in [0.25, 0.3) is 0 Å². The number of carbonyl (C=O) groups is 1. The molecule has 1 amide bonds. The second-order valence-corrected chi connectivity index (χ2v) is 10.1. The van der Waals surface area contributed by atoms with E-state index in [1.807, 2.05) is 12.4 Å². The summed E-state index contributed by atoms with van der Waals surface area (Å²) in [4.78, 5) is 29.7. The number of anilines is 3. The molecular formula is C26H35N9O. The highest BCUT2D eigenvalue weighted by atomic mass is 16.2. The number of piperazine rings is 1. The Kier molecular flexibility index (Phi) is 6.53. The topological polar surface area (TPSA) is 99.7 Å². The maximum atomic E-state index is 12.0. The van der Waals surface area contributed by atoms with Crippen LogP contribution in [0.2, 0.25) is 0 Å². The Morgan fingerprint density at radius 2 is 1.81 bits per heavy atom. The number of likely N-dealkylation sites (N-methyl/N-ethyl adjacent to an activating group) is 2. The number of amides is 1. The van der Waals surface area contributed by atoms with Gasteiger partial charge in [-0.3, -0.25) is 9.48 Å². The van der Waals surface area contributed by atoms with Crippen molar-refractivity contribution in [3.63, 3.8) is 0 Å². The number of hydrogen-bond acceptors (Lipinski definition) is 8. The summed E-state index contributed by atoms with van der Waals surface area (Å²) in [6, 6.07) is 8.96. The molecule has 1 saturated heterocycles. The normalized spacial score (nSPS) is 18.3. The molecule has 2 aliphatic rings. The molecule has 2 aromatic heterocycles. The lowest BCUT2D eigenvalue weighted by Gasteiger charge is -2.37. The number of nitrogen functional groups attached to an aromatic ring is 1. The molecule has 0 bridgehead atoms. The van der Waals surface area contributed by atoms with Crippen molar-refractivity contribution in [3.8, 4) is 11.1 Å². The average molecular weight is 490 g/mol. The van der Waals surface area contributed by atoms with Crippen molar-refractivity contribution < 1.29 is 4.79 Å². The van der Waals surface area contributed by atoms with Crippen LogP contribution in [0.25, 0.3) is 11.1 Å². The van der Waals surface area contributed by atoms with Crippen LogP contribution in [0.15, 0.2) is 36.7 Å². The van der Waals surface area contributed by atoms with Gasteiger partial charge < -0.3 is 25.3 Å². The van der Waals surface area contributed by atoms with Gasteiger partial charge in [-0.25, -0.2) is 0 Å². The van der Waals surface area contributed by atoms with Crippen LogP contribution in [0.4, 0.5) is 17.6 Å². The summed E-state index contributed by atoms with van der Waals surface area (Å²) in [5.41, 5.74) is 10.9. The fourth-order valence-electron chi connectivity index (χ4n) is 4.89. The third kappa shape index (κ3) is 4.99. The lowest BCUT2D eigenvalue weighted by atomic mass is 9.92. The van der Waals surface area contributed by atoms with E-state index in [2.05, 4.69) is 68.0 Å². The monoisotopic (exact) mass is 489 g/mol. The minimum Gasteiger partial charge on any atom is -0.368 e. The van der Waals surface area contributed by atoms with E-state index in [9.17, 15) is 4.79 Å². The van der Waals surface area contributed by atoms with E-state index in [1.54, 1.807) is 23.7 Å². The van der Waals surface area contributed by atoms with Gasteiger partial charge in [0.15, 0.2) is 0 Å². The first-order valence-corrected chi connectivity index (χ1v) is 12.5. The smallest absolute Gasteiger partial charge is 0.243 e. The van der Waals surface area contributed by atoms with Gasteiger partial charge in [0.2, 0.25) is 11.9 Å². The van der Waals surface area contributed by atoms with Crippen LogP contribution in [0.5, 0.6) is 0 Å². The zero-order valence-electron chi connectivity index (χ0n) is 21.6. The summed E-state index contributed by atoms with van der Waals surface area (Å²) < 4.78 is 1.69. The lowest BCUT2D eigenvalue weighted by Crippen LogP contribution is -2.45. The summed E-state index contributed by atoms with van der Waals surface area (Å²) >= 11 is 0. The molecule has 3 aromatic rings. The van der Waals surface area contributed by atoms with Crippen molar-refractivity contribution in [1.82, 2.24) is 29.5 Å². The standard InChI is InChI=1S/C26H35N9O/c1-18-11-19-5-6-20(22-14-28-34(15-22)17-25(36)31(2)3)12-21(19)16-35(18)24-13-23(29-26(27)30-24)33-9-7-32(4)8-10-33/h5-6,12-15,18H,7-11,16-17H2,1-4H3,(H2,27,29,30). The Morgan fingerprint density at radius 3 is 2.56 bits per heavy atom. The molecule has 0 spiro atoms. The van der Waals surface area contributed by atoms with Crippen LogP contribution in [0.1, 0.15) is 18.1 Å². The summed E-state index contributed by atoms with van der Waals surface area (Å²) in [5, 5.41) is 4.39. The van der Waals surface area contributed by atoms with E-state index in [1.165, 1.54) is 11.1 Å². The maximum Gasteiger partial charge on any atom is 0.243 e. The molecular weight excluding hydrogens is 454 g/mol. The van der Waals surface area contributed by atoms with E-state index < -0.39 is 0 Å². The summed E-state index contributed by atoms with van der Waals surface area (Å²) in [5.74, 6) is 2.10. The predicted molar refractivity (Wildman–Crippen MR) is 142 cm³/mol. The molecule has 2 aliphatic heterocycles. The Labute approximate surface area is 212 Å². The second-order valence-electron chi connectivity index (χ2n) is 10.1. The first-order chi connectivity index (χ1) is 17.3. The van der Waals surface area contributed by atoms with Gasteiger partial charge >= 0.3 is 0 Å². The molecule has 0 saturated carbocycles. The molecule has 1 aromatic carbocycles. The number of aromatic nitrogens is 4. The molecule has 1 fully saturated rings. The Bertz CT molecular complexity index is 1250. The summed E-state index contributed by atoms with van der Waals surface area (Å²) in [7, 11) is 5.65. The maximum absolute atomic E-state index is 12.0. The van der Waals surface area contributed by atoms with Crippen LogP contribution in [0.3, 0.4) is 0 Å². The Hall–Kier alpha value is -3.66. The largest absolute Gasteiger partial charge is 0.368 e. The summed E-state index contributed by atoms with van der Waals surface area (Å²) in [6.45, 7) is 7.09. The summed E-state index contributed by atoms with van der Waals surface area (Å²) in [6.07, 6.45) is 4.68. The zero-order chi connectivity index (χ0) is 25.4. The molecule has 5 rings (SSSR count). The zero-order valence-corrected chi connectivity index (χ0v) is 21.6. The van der Waals surface area contributed by atoms with Gasteiger partial charge in [0.1, 0.15) is 18.2 Å². The number of fused-ring (bicyclic) bond motifs is 1. The quantitative estimate of drug-likeness (QED) is 0.578. The van der Waals surface area contributed by atoms with Crippen LogP contribution < -0.4 is 15.5 Å². The third-order valence-corrected chi connectivity index (χ3v) is 7.19. The molecule has 10 nitrogen and oxygen atoms in total. The van der Waals surface area contributed by atoms with Crippen molar-refractivity contribution in [2.24, 2.45) is 0 Å². The highest BCUT2D eigenvalue weighted by molar-refractivity contribution is 5.75. The van der Waals surface area contributed by atoms with E-state index in [0.29, 0.717) is 5.95 Å². The molecule has 190 valence electrons. The molecule has 0 radical (unpaired) electrons. The van der Waals surface area contributed by atoms with Gasteiger partial charge in [-0.05, 0) is 43.1 Å². The number of carbonyl (C=O) groups excluding carboxylic acids is 1. The van der Waals surface area contributed by atoms with Gasteiger partial charge in [0.05, 0.1) is 6.20 Å². The second kappa shape index (κ2) is 9.77. The van der Waals surface area contributed by atoms with Crippen LogP contribution in [-0.4, -0.2) is 88.8 Å².